The summed E-state index contributed by atoms with van der Waals surface area (Å²) in [6.45, 7) is 5.80. The number of aliphatic hydroxyl groups excluding tert-OH is 1. The van der Waals surface area contributed by atoms with Gasteiger partial charge in [-0.25, -0.2) is 23.3 Å². The van der Waals surface area contributed by atoms with Gasteiger partial charge in [0.2, 0.25) is 5.91 Å². The highest BCUT2D eigenvalue weighted by atomic mass is 19.3. The van der Waals surface area contributed by atoms with E-state index in [1.165, 1.54) is 0 Å². The van der Waals surface area contributed by atoms with Gasteiger partial charge in [0.15, 0.2) is 11.5 Å². The van der Waals surface area contributed by atoms with Crippen LogP contribution in [0.15, 0.2) is 30.6 Å². The first kappa shape index (κ1) is 22.3. The summed E-state index contributed by atoms with van der Waals surface area (Å²) in [4.78, 5) is 25.5. The average molecular weight is 466 g/mol. The van der Waals surface area contributed by atoms with Crippen molar-refractivity contribution < 1.29 is 18.7 Å². The van der Waals surface area contributed by atoms with Crippen molar-refractivity contribution >= 4 is 28.3 Å². The summed E-state index contributed by atoms with van der Waals surface area (Å²) in [5.74, 6) is -4.18. The van der Waals surface area contributed by atoms with Gasteiger partial charge in [0, 0.05) is 47.8 Å². The Balaban J connectivity index is 1.61. The van der Waals surface area contributed by atoms with Crippen molar-refractivity contribution in [3.05, 3.63) is 47.7 Å². The molecule has 0 spiro atoms. The number of carbonyl (C=O) groups excluding carboxylic acids is 1. The minimum Gasteiger partial charge on any atom is -0.387 e. The van der Waals surface area contributed by atoms with Gasteiger partial charge in [0.25, 0.3) is 5.92 Å². The number of carbonyl (C=O) groups is 1. The van der Waals surface area contributed by atoms with Crippen molar-refractivity contribution in [1.29, 1.82) is 0 Å². The lowest BCUT2D eigenvalue weighted by molar-refractivity contribution is -0.119. The van der Waals surface area contributed by atoms with Crippen LogP contribution in [0.2, 0.25) is 0 Å². The SMILES string of the molecule is CCc1nc2c(-c3cnc([C@@H](O)CC)cc3C)cc3cnc(NC(=O)[C@H]4CC4(F)F)cc3n2n1. The largest absolute Gasteiger partial charge is 0.387 e. The zero-order valence-electron chi connectivity index (χ0n) is 19.0. The number of fused-ring (bicyclic) bond motifs is 3. The predicted octanol–water partition coefficient (Wildman–Crippen LogP) is 4.25. The monoisotopic (exact) mass is 466 g/mol. The quantitative estimate of drug-likeness (QED) is 0.440. The van der Waals surface area contributed by atoms with E-state index in [2.05, 4.69) is 25.4 Å². The molecule has 1 fully saturated rings. The van der Waals surface area contributed by atoms with Crippen LogP contribution in [-0.4, -0.2) is 41.5 Å². The maximum atomic E-state index is 13.3. The number of rotatable bonds is 6. The number of alkyl halides is 2. The van der Waals surface area contributed by atoms with Crippen LogP contribution >= 0.6 is 0 Å². The third-order valence-corrected chi connectivity index (χ3v) is 6.19. The highest BCUT2D eigenvalue weighted by molar-refractivity contribution is 5.97. The molecule has 0 radical (unpaired) electrons. The zero-order valence-corrected chi connectivity index (χ0v) is 19.0. The zero-order chi connectivity index (χ0) is 24.2. The maximum Gasteiger partial charge on any atom is 0.260 e. The molecule has 34 heavy (non-hydrogen) atoms. The minimum atomic E-state index is -2.94. The Hall–Kier alpha value is -3.53. The van der Waals surface area contributed by atoms with E-state index in [9.17, 15) is 18.7 Å². The van der Waals surface area contributed by atoms with Crippen LogP contribution in [0.4, 0.5) is 14.6 Å². The fourth-order valence-electron chi connectivity index (χ4n) is 4.05. The van der Waals surface area contributed by atoms with Crippen LogP contribution in [0, 0.1) is 12.8 Å². The molecule has 1 aliphatic carbocycles. The number of aryl methyl sites for hydroxylation is 2. The second kappa shape index (κ2) is 8.05. The molecule has 4 aromatic heterocycles. The first-order valence-corrected chi connectivity index (χ1v) is 11.2. The summed E-state index contributed by atoms with van der Waals surface area (Å²) in [7, 11) is 0. The van der Waals surface area contributed by atoms with Crippen molar-refractivity contribution in [1.82, 2.24) is 24.6 Å². The van der Waals surface area contributed by atoms with Crippen molar-refractivity contribution in [2.45, 2.75) is 52.1 Å². The second-order valence-electron chi connectivity index (χ2n) is 8.66. The molecule has 2 atom stereocenters. The van der Waals surface area contributed by atoms with Gasteiger partial charge in [-0.05, 0) is 31.0 Å². The molecule has 0 saturated heterocycles. The van der Waals surface area contributed by atoms with E-state index in [4.69, 9.17) is 0 Å². The number of hydrogen-bond acceptors (Lipinski definition) is 6. The number of amides is 1. The summed E-state index contributed by atoms with van der Waals surface area (Å²) in [6.07, 6.45) is 3.42. The molecule has 5 rings (SSSR count). The van der Waals surface area contributed by atoms with Crippen LogP contribution in [0.1, 0.15) is 49.9 Å². The minimum absolute atomic E-state index is 0.179. The van der Waals surface area contributed by atoms with E-state index in [1.807, 2.05) is 32.9 Å². The van der Waals surface area contributed by atoms with Gasteiger partial charge in [0.05, 0.1) is 17.3 Å². The van der Waals surface area contributed by atoms with Gasteiger partial charge in [-0.3, -0.25) is 9.78 Å². The Morgan fingerprint density at radius 3 is 2.65 bits per heavy atom. The third-order valence-electron chi connectivity index (χ3n) is 6.19. The van der Waals surface area contributed by atoms with Gasteiger partial charge in [-0.15, -0.1) is 0 Å². The summed E-state index contributed by atoms with van der Waals surface area (Å²) in [5, 5.41) is 18.0. The number of nitrogens with one attached hydrogen (secondary N) is 1. The lowest BCUT2D eigenvalue weighted by atomic mass is 10.0. The van der Waals surface area contributed by atoms with Crippen molar-refractivity contribution in [2.24, 2.45) is 5.92 Å². The first-order chi connectivity index (χ1) is 16.2. The summed E-state index contributed by atoms with van der Waals surface area (Å²) in [5.41, 5.74) is 4.44. The lowest BCUT2D eigenvalue weighted by Crippen LogP contribution is -2.18. The molecule has 4 heterocycles. The highest BCUT2D eigenvalue weighted by Gasteiger charge is 2.61. The highest BCUT2D eigenvalue weighted by Crippen LogP contribution is 2.49. The smallest absolute Gasteiger partial charge is 0.260 e. The van der Waals surface area contributed by atoms with E-state index >= 15 is 0 Å². The number of aliphatic hydroxyl groups is 1. The third kappa shape index (κ3) is 3.77. The molecule has 2 N–H and O–H groups in total. The molecular formula is C24H24F2N6O2. The van der Waals surface area contributed by atoms with Crippen molar-refractivity contribution in [3.63, 3.8) is 0 Å². The van der Waals surface area contributed by atoms with E-state index in [1.54, 1.807) is 23.0 Å². The normalized spacial score (nSPS) is 17.8. The Bertz CT molecular complexity index is 1430. The number of hydrogen-bond donors (Lipinski definition) is 2. The van der Waals surface area contributed by atoms with Gasteiger partial charge >= 0.3 is 0 Å². The molecule has 8 nitrogen and oxygen atoms in total. The Labute approximate surface area is 194 Å². The molecule has 176 valence electrons. The predicted molar refractivity (Wildman–Crippen MR) is 123 cm³/mol. The fourth-order valence-corrected chi connectivity index (χ4v) is 4.05. The van der Waals surface area contributed by atoms with E-state index in [-0.39, 0.29) is 5.82 Å². The van der Waals surface area contributed by atoms with Crippen LogP contribution in [-0.2, 0) is 11.2 Å². The molecule has 0 bridgehead atoms. The standard InChI is InChI=1S/C24H24F2N6O2/c1-4-19(33)17-6-12(3)15(11-27-17)14-7-13-10-28-21(30-23(34)16-9-24(16,25)26)8-18(13)32-22(14)29-20(5-2)31-32/h6-8,10-11,16,19,33H,4-5,9H2,1-3H3,(H,28,30,34)/t16-,19+/m1/s1. The molecule has 0 unspecified atom stereocenters. The Morgan fingerprint density at radius 1 is 1.24 bits per heavy atom. The molecule has 4 aromatic rings. The number of pyridine rings is 3. The van der Waals surface area contributed by atoms with Crippen LogP contribution in [0.3, 0.4) is 0 Å². The summed E-state index contributed by atoms with van der Waals surface area (Å²) >= 11 is 0. The summed E-state index contributed by atoms with van der Waals surface area (Å²) in [6, 6.07) is 5.41. The Kier molecular flexibility index (Phi) is 5.27. The van der Waals surface area contributed by atoms with Gasteiger partial charge in [0.1, 0.15) is 11.7 Å². The molecule has 0 aromatic carbocycles. The van der Waals surface area contributed by atoms with Gasteiger partial charge < -0.3 is 10.4 Å². The molecule has 0 aliphatic heterocycles. The van der Waals surface area contributed by atoms with Crippen molar-refractivity contribution in [2.75, 3.05) is 5.32 Å². The molecular weight excluding hydrogens is 442 g/mol. The van der Waals surface area contributed by atoms with Gasteiger partial charge in [-0.2, -0.15) is 5.10 Å². The number of halogens is 2. The molecule has 1 amide bonds. The molecule has 1 saturated carbocycles. The first-order valence-electron chi connectivity index (χ1n) is 11.2. The van der Waals surface area contributed by atoms with Crippen LogP contribution < -0.4 is 5.32 Å². The fraction of sp³-hybridized carbons (Fsp3) is 0.375. The number of aromatic nitrogens is 5. The average Bonchev–Trinajstić information content (AvgIpc) is 3.26. The second-order valence-corrected chi connectivity index (χ2v) is 8.66. The van der Waals surface area contributed by atoms with E-state index in [0.29, 0.717) is 35.5 Å². The maximum absolute atomic E-state index is 13.3. The van der Waals surface area contributed by atoms with Crippen LogP contribution in [0.5, 0.6) is 0 Å². The van der Waals surface area contributed by atoms with E-state index in [0.717, 1.165) is 22.1 Å². The Morgan fingerprint density at radius 2 is 2.00 bits per heavy atom. The summed E-state index contributed by atoms with van der Waals surface area (Å²) < 4.78 is 28.2. The lowest BCUT2D eigenvalue weighted by Gasteiger charge is -2.13. The topological polar surface area (TPSA) is 105 Å². The van der Waals surface area contributed by atoms with Gasteiger partial charge in [-0.1, -0.05) is 13.8 Å². The number of nitrogens with zero attached hydrogens (tertiary/aromatic N) is 5. The molecule has 1 aliphatic rings. The van der Waals surface area contributed by atoms with Crippen LogP contribution in [0.25, 0.3) is 27.7 Å². The number of anilines is 1. The van der Waals surface area contributed by atoms with E-state index < -0.39 is 30.3 Å². The van der Waals surface area contributed by atoms with Crippen molar-refractivity contribution in [3.8, 4) is 11.1 Å². The molecule has 10 heteroatoms.